The zero-order chi connectivity index (χ0) is 16.2. The molecule has 2 rings (SSSR count). The van der Waals surface area contributed by atoms with Gasteiger partial charge < -0.3 is 15.2 Å². The number of rotatable bonds is 5. The van der Waals surface area contributed by atoms with Crippen molar-refractivity contribution in [2.45, 2.75) is 25.7 Å². The predicted octanol–water partition coefficient (Wildman–Crippen LogP) is 3.71. The molecule has 2 N–H and O–H groups in total. The molecule has 4 nitrogen and oxygen atoms in total. The zero-order valence-corrected chi connectivity index (χ0v) is 13.1. The van der Waals surface area contributed by atoms with Gasteiger partial charge in [-0.15, -0.1) is 0 Å². The molecule has 0 saturated carbocycles. The SMILES string of the molecule is COc1ccc(NC(=O)CC(C)(C)c2ccccc2O)cc1. The fourth-order valence-corrected chi connectivity index (χ4v) is 2.42. The largest absolute Gasteiger partial charge is 0.508 e. The molecule has 2 aromatic carbocycles. The molecule has 0 aliphatic carbocycles. The maximum Gasteiger partial charge on any atom is 0.225 e. The van der Waals surface area contributed by atoms with Crippen molar-refractivity contribution in [3.63, 3.8) is 0 Å². The summed E-state index contributed by atoms with van der Waals surface area (Å²) in [5.41, 5.74) is 1.03. The van der Waals surface area contributed by atoms with Crippen molar-refractivity contribution in [3.05, 3.63) is 54.1 Å². The zero-order valence-electron chi connectivity index (χ0n) is 13.1. The first-order chi connectivity index (χ1) is 10.4. The van der Waals surface area contributed by atoms with Crippen LogP contribution in [0.15, 0.2) is 48.5 Å². The number of carbonyl (C=O) groups excluding carboxylic acids is 1. The number of amides is 1. The first-order valence-corrected chi connectivity index (χ1v) is 7.15. The first kappa shape index (κ1) is 15.9. The van der Waals surface area contributed by atoms with Gasteiger partial charge in [-0.3, -0.25) is 4.79 Å². The Hall–Kier alpha value is -2.49. The van der Waals surface area contributed by atoms with Crippen LogP contribution in [0.1, 0.15) is 25.8 Å². The summed E-state index contributed by atoms with van der Waals surface area (Å²) in [7, 11) is 1.60. The summed E-state index contributed by atoms with van der Waals surface area (Å²) in [5, 5.41) is 12.8. The molecule has 0 aliphatic heterocycles. The van der Waals surface area contributed by atoms with Crippen LogP contribution >= 0.6 is 0 Å². The van der Waals surface area contributed by atoms with Gasteiger partial charge in [0.05, 0.1) is 7.11 Å². The van der Waals surface area contributed by atoms with Crippen LogP contribution in [0.4, 0.5) is 5.69 Å². The van der Waals surface area contributed by atoms with E-state index in [9.17, 15) is 9.90 Å². The highest BCUT2D eigenvalue weighted by atomic mass is 16.5. The van der Waals surface area contributed by atoms with E-state index in [2.05, 4.69) is 5.32 Å². The molecule has 2 aromatic rings. The Morgan fingerprint density at radius 3 is 2.36 bits per heavy atom. The molecule has 0 fully saturated rings. The number of hydrogen-bond donors (Lipinski definition) is 2. The Morgan fingerprint density at radius 1 is 1.14 bits per heavy atom. The second-order valence-electron chi connectivity index (χ2n) is 5.85. The molecule has 0 bridgehead atoms. The quantitative estimate of drug-likeness (QED) is 0.885. The lowest BCUT2D eigenvalue weighted by atomic mass is 9.80. The molecule has 0 heterocycles. The van der Waals surface area contributed by atoms with E-state index in [1.54, 1.807) is 43.5 Å². The van der Waals surface area contributed by atoms with Gasteiger partial charge in [-0.2, -0.15) is 0 Å². The maximum absolute atomic E-state index is 12.2. The minimum atomic E-state index is -0.456. The Morgan fingerprint density at radius 2 is 1.77 bits per heavy atom. The summed E-state index contributed by atoms with van der Waals surface area (Å²) < 4.78 is 5.09. The van der Waals surface area contributed by atoms with Gasteiger partial charge in [0, 0.05) is 17.5 Å². The second-order valence-corrected chi connectivity index (χ2v) is 5.85. The molecular formula is C18H21NO3. The number of methoxy groups -OCH3 is 1. The Kier molecular flexibility index (Phi) is 4.71. The molecule has 22 heavy (non-hydrogen) atoms. The number of ether oxygens (including phenoxy) is 1. The smallest absolute Gasteiger partial charge is 0.225 e. The molecule has 1 amide bonds. The molecule has 116 valence electrons. The lowest BCUT2D eigenvalue weighted by molar-refractivity contribution is -0.117. The number of phenols is 1. The van der Waals surface area contributed by atoms with Gasteiger partial charge in [0.25, 0.3) is 0 Å². The van der Waals surface area contributed by atoms with E-state index in [1.807, 2.05) is 26.0 Å². The van der Waals surface area contributed by atoms with E-state index < -0.39 is 5.41 Å². The average molecular weight is 299 g/mol. The third-order valence-corrected chi connectivity index (χ3v) is 3.61. The van der Waals surface area contributed by atoms with Gasteiger partial charge in [-0.05, 0) is 35.9 Å². The number of para-hydroxylation sites is 1. The highest BCUT2D eigenvalue weighted by Crippen LogP contribution is 2.33. The fourth-order valence-electron chi connectivity index (χ4n) is 2.42. The highest BCUT2D eigenvalue weighted by molar-refractivity contribution is 5.91. The van der Waals surface area contributed by atoms with E-state index >= 15 is 0 Å². The third kappa shape index (κ3) is 3.79. The number of benzene rings is 2. The Bertz CT molecular complexity index is 648. The summed E-state index contributed by atoms with van der Waals surface area (Å²) in [6.45, 7) is 3.88. The van der Waals surface area contributed by atoms with Gasteiger partial charge >= 0.3 is 0 Å². The van der Waals surface area contributed by atoms with Gasteiger partial charge in [0.2, 0.25) is 5.91 Å². The molecule has 0 aliphatic rings. The molecule has 0 spiro atoms. The topological polar surface area (TPSA) is 58.6 Å². The molecule has 0 unspecified atom stereocenters. The third-order valence-electron chi connectivity index (χ3n) is 3.61. The van der Waals surface area contributed by atoms with Crippen molar-refractivity contribution < 1.29 is 14.6 Å². The van der Waals surface area contributed by atoms with Gasteiger partial charge in [-0.1, -0.05) is 32.0 Å². The van der Waals surface area contributed by atoms with E-state index in [4.69, 9.17) is 4.74 Å². The predicted molar refractivity (Wildman–Crippen MR) is 87.4 cm³/mol. The molecule has 0 radical (unpaired) electrons. The number of carbonyl (C=O) groups is 1. The lowest BCUT2D eigenvalue weighted by Crippen LogP contribution is -2.25. The van der Waals surface area contributed by atoms with Gasteiger partial charge in [-0.25, -0.2) is 0 Å². The van der Waals surface area contributed by atoms with Crippen LogP contribution in [-0.2, 0) is 10.2 Å². The monoisotopic (exact) mass is 299 g/mol. The standard InChI is InChI=1S/C18H21NO3/c1-18(2,15-6-4-5-7-16(15)20)12-17(21)19-13-8-10-14(22-3)11-9-13/h4-11,20H,12H2,1-3H3,(H,19,21). The molecule has 0 saturated heterocycles. The van der Waals surface area contributed by atoms with Crippen LogP contribution in [0.2, 0.25) is 0 Å². The van der Waals surface area contributed by atoms with Gasteiger partial charge in [0.1, 0.15) is 11.5 Å². The van der Waals surface area contributed by atoms with Crippen LogP contribution in [0.5, 0.6) is 11.5 Å². The maximum atomic E-state index is 12.2. The summed E-state index contributed by atoms with van der Waals surface area (Å²) in [6, 6.07) is 14.3. The minimum absolute atomic E-state index is 0.0987. The first-order valence-electron chi connectivity index (χ1n) is 7.15. The molecule has 4 heteroatoms. The average Bonchev–Trinajstić information content (AvgIpc) is 2.47. The van der Waals surface area contributed by atoms with Gasteiger partial charge in [0.15, 0.2) is 0 Å². The molecule has 0 aromatic heterocycles. The second kappa shape index (κ2) is 6.52. The van der Waals surface area contributed by atoms with Crippen LogP contribution in [0, 0.1) is 0 Å². The van der Waals surface area contributed by atoms with Crippen LogP contribution in [0.25, 0.3) is 0 Å². The van der Waals surface area contributed by atoms with Crippen molar-refractivity contribution in [2.24, 2.45) is 0 Å². The Balaban J connectivity index is 2.05. The highest BCUT2D eigenvalue weighted by Gasteiger charge is 2.26. The van der Waals surface area contributed by atoms with Crippen molar-refractivity contribution in [2.75, 3.05) is 12.4 Å². The minimum Gasteiger partial charge on any atom is -0.508 e. The van der Waals surface area contributed by atoms with Crippen molar-refractivity contribution in [1.29, 1.82) is 0 Å². The van der Waals surface area contributed by atoms with E-state index in [-0.39, 0.29) is 18.1 Å². The summed E-state index contributed by atoms with van der Waals surface area (Å²) in [6.07, 6.45) is 0.274. The van der Waals surface area contributed by atoms with Crippen LogP contribution < -0.4 is 10.1 Å². The van der Waals surface area contributed by atoms with E-state index in [0.29, 0.717) is 0 Å². The van der Waals surface area contributed by atoms with E-state index in [1.165, 1.54) is 0 Å². The number of phenolic OH excluding ortho intramolecular Hbond substituents is 1. The Labute approximate surface area is 130 Å². The van der Waals surface area contributed by atoms with Crippen molar-refractivity contribution in [3.8, 4) is 11.5 Å². The van der Waals surface area contributed by atoms with Crippen LogP contribution in [0.3, 0.4) is 0 Å². The number of hydrogen-bond acceptors (Lipinski definition) is 3. The number of nitrogens with one attached hydrogen (secondary N) is 1. The van der Waals surface area contributed by atoms with Crippen molar-refractivity contribution >= 4 is 11.6 Å². The summed E-state index contributed by atoms with van der Waals surface area (Å²) >= 11 is 0. The summed E-state index contributed by atoms with van der Waals surface area (Å²) in [5.74, 6) is 0.857. The fraction of sp³-hybridized carbons (Fsp3) is 0.278. The van der Waals surface area contributed by atoms with E-state index in [0.717, 1.165) is 17.0 Å². The van der Waals surface area contributed by atoms with Crippen molar-refractivity contribution in [1.82, 2.24) is 0 Å². The number of anilines is 1. The molecular weight excluding hydrogens is 278 g/mol. The summed E-state index contributed by atoms with van der Waals surface area (Å²) in [4.78, 5) is 12.2. The molecule has 0 atom stereocenters. The van der Waals surface area contributed by atoms with Crippen LogP contribution in [-0.4, -0.2) is 18.1 Å². The number of aromatic hydroxyl groups is 1. The lowest BCUT2D eigenvalue weighted by Gasteiger charge is -2.25. The normalized spacial score (nSPS) is 11.0.